The summed E-state index contributed by atoms with van der Waals surface area (Å²) >= 11 is 3.28. The van der Waals surface area contributed by atoms with Crippen molar-refractivity contribution in [2.45, 2.75) is 17.9 Å². The number of nitrogens with zero attached hydrogens (tertiary/aromatic N) is 1. The van der Waals surface area contributed by atoms with E-state index in [9.17, 15) is 28.1 Å². The second kappa shape index (κ2) is 9.92. The van der Waals surface area contributed by atoms with Gasteiger partial charge < -0.3 is 8.92 Å². The Morgan fingerprint density at radius 1 is 0.970 bits per heavy atom. The van der Waals surface area contributed by atoms with Crippen LogP contribution in [0.5, 0.6) is 5.75 Å². The summed E-state index contributed by atoms with van der Waals surface area (Å²) in [5.41, 5.74) is 0.0590. The van der Waals surface area contributed by atoms with E-state index in [1.54, 1.807) is 24.3 Å². The van der Waals surface area contributed by atoms with Gasteiger partial charge in [0.05, 0.1) is 10.5 Å². The summed E-state index contributed by atoms with van der Waals surface area (Å²) < 4.78 is 35.8. The minimum absolute atomic E-state index is 0.0746. The zero-order chi connectivity index (χ0) is 24.2. The first-order valence-corrected chi connectivity index (χ1v) is 11.6. The third-order valence-corrected chi connectivity index (χ3v) is 6.17. The van der Waals surface area contributed by atoms with Gasteiger partial charge >= 0.3 is 16.1 Å². The number of carbonyl (C=O) groups excluding carboxylic acids is 2. The van der Waals surface area contributed by atoms with E-state index >= 15 is 0 Å². The first-order valence-electron chi connectivity index (χ1n) is 9.36. The molecule has 0 heterocycles. The Labute approximate surface area is 197 Å². The largest absolute Gasteiger partial charge is 0.451 e. The lowest BCUT2D eigenvalue weighted by molar-refractivity contribution is -0.385. The molecule has 3 rings (SSSR count). The van der Waals surface area contributed by atoms with Crippen molar-refractivity contribution in [3.8, 4) is 5.75 Å². The van der Waals surface area contributed by atoms with Crippen LogP contribution in [-0.4, -0.2) is 31.2 Å². The van der Waals surface area contributed by atoms with Gasteiger partial charge in [-0.25, -0.2) is 4.79 Å². The highest BCUT2D eigenvalue weighted by Crippen LogP contribution is 2.23. The molecule has 0 fully saturated rings. The number of hydrogen-bond donors (Lipinski definition) is 0. The molecule has 0 spiro atoms. The van der Waals surface area contributed by atoms with Crippen LogP contribution in [0, 0.1) is 10.1 Å². The molecule has 11 heteroatoms. The van der Waals surface area contributed by atoms with Crippen LogP contribution in [-0.2, 0) is 14.9 Å². The minimum atomic E-state index is -4.34. The van der Waals surface area contributed by atoms with Crippen LogP contribution in [0.4, 0.5) is 5.69 Å². The molecule has 0 saturated carbocycles. The number of ether oxygens (including phenoxy) is 1. The number of nitro groups is 1. The third-order valence-electron chi connectivity index (χ3n) is 4.39. The highest BCUT2D eigenvalue weighted by molar-refractivity contribution is 9.10. The van der Waals surface area contributed by atoms with E-state index in [1.807, 2.05) is 0 Å². The topological polar surface area (TPSA) is 130 Å². The van der Waals surface area contributed by atoms with E-state index in [-0.39, 0.29) is 22.0 Å². The predicted octanol–water partition coefficient (Wildman–Crippen LogP) is 4.55. The van der Waals surface area contributed by atoms with E-state index in [0.717, 1.165) is 22.7 Å². The summed E-state index contributed by atoms with van der Waals surface area (Å²) in [7, 11) is -4.34. The van der Waals surface area contributed by atoms with Crippen molar-refractivity contribution < 1.29 is 31.9 Å². The van der Waals surface area contributed by atoms with Gasteiger partial charge in [-0.2, -0.15) is 8.42 Å². The van der Waals surface area contributed by atoms with Gasteiger partial charge in [-0.3, -0.25) is 14.9 Å². The molecular formula is C22H16BrNO8S. The summed E-state index contributed by atoms with van der Waals surface area (Å²) in [6.45, 7) is 1.45. The molecule has 0 bridgehead atoms. The fraction of sp³-hybridized carbons (Fsp3) is 0.0909. The first-order chi connectivity index (χ1) is 15.6. The van der Waals surface area contributed by atoms with E-state index < -0.39 is 32.8 Å². The molecule has 0 unspecified atom stereocenters. The van der Waals surface area contributed by atoms with Crippen molar-refractivity contribution in [3.05, 3.63) is 98.5 Å². The number of ketones is 1. The number of benzene rings is 3. The van der Waals surface area contributed by atoms with Crippen molar-refractivity contribution in [2.75, 3.05) is 0 Å². The molecule has 3 aromatic carbocycles. The minimum Gasteiger partial charge on any atom is -0.451 e. The Morgan fingerprint density at radius 2 is 1.58 bits per heavy atom. The Balaban J connectivity index is 1.67. The van der Waals surface area contributed by atoms with Gasteiger partial charge in [0.25, 0.3) is 5.69 Å². The smallest absolute Gasteiger partial charge is 0.339 e. The monoisotopic (exact) mass is 533 g/mol. The number of hydrogen-bond acceptors (Lipinski definition) is 8. The maximum Gasteiger partial charge on any atom is 0.339 e. The summed E-state index contributed by atoms with van der Waals surface area (Å²) in [4.78, 5) is 34.5. The molecule has 0 aliphatic rings. The molecule has 0 aliphatic carbocycles. The molecule has 3 aromatic rings. The van der Waals surface area contributed by atoms with Crippen LogP contribution in [0.3, 0.4) is 0 Å². The fourth-order valence-corrected chi connectivity index (χ4v) is 3.94. The lowest BCUT2D eigenvalue weighted by Gasteiger charge is -2.13. The number of rotatable bonds is 8. The van der Waals surface area contributed by atoms with Gasteiger partial charge in [-0.15, -0.1) is 0 Å². The summed E-state index contributed by atoms with van der Waals surface area (Å²) in [5.74, 6) is -1.27. The van der Waals surface area contributed by atoms with Crippen molar-refractivity contribution in [1.82, 2.24) is 0 Å². The predicted molar refractivity (Wildman–Crippen MR) is 121 cm³/mol. The number of halogens is 1. The molecule has 9 nitrogen and oxygen atoms in total. The van der Waals surface area contributed by atoms with Gasteiger partial charge in [0.1, 0.15) is 10.6 Å². The average Bonchev–Trinajstić information content (AvgIpc) is 2.79. The highest BCUT2D eigenvalue weighted by atomic mass is 79.9. The molecule has 0 saturated heterocycles. The number of Topliss-reactive ketones (excluding diaryl/α,β-unsaturated/α-hetero) is 1. The number of esters is 1. The van der Waals surface area contributed by atoms with Crippen molar-refractivity contribution >= 4 is 43.5 Å². The zero-order valence-corrected chi connectivity index (χ0v) is 19.4. The van der Waals surface area contributed by atoms with Gasteiger partial charge in [0, 0.05) is 22.2 Å². The fourth-order valence-electron chi connectivity index (χ4n) is 2.70. The number of carbonyl (C=O) groups is 2. The van der Waals surface area contributed by atoms with Crippen LogP contribution in [0.2, 0.25) is 0 Å². The van der Waals surface area contributed by atoms with E-state index in [4.69, 9.17) is 8.92 Å². The van der Waals surface area contributed by atoms with Gasteiger partial charge in [0.15, 0.2) is 6.10 Å². The lowest BCUT2D eigenvalue weighted by atomic mass is 10.1. The molecule has 0 aliphatic heterocycles. The Bertz CT molecular complexity index is 1300. The van der Waals surface area contributed by atoms with Crippen LogP contribution in [0.15, 0.2) is 82.2 Å². The molecule has 0 aromatic heterocycles. The molecule has 33 heavy (non-hydrogen) atoms. The normalized spacial score (nSPS) is 11.9. The second-order valence-corrected chi connectivity index (χ2v) is 9.20. The van der Waals surface area contributed by atoms with Crippen molar-refractivity contribution in [2.24, 2.45) is 0 Å². The summed E-state index contributed by atoms with van der Waals surface area (Å²) in [6.07, 6.45) is -1.04. The number of nitro benzene ring substituents is 1. The maximum atomic E-state index is 12.4. The Hall–Kier alpha value is -3.57. The molecule has 0 N–H and O–H groups in total. The third kappa shape index (κ3) is 6.02. The molecule has 0 radical (unpaired) electrons. The zero-order valence-electron chi connectivity index (χ0n) is 17.0. The van der Waals surface area contributed by atoms with E-state index in [0.29, 0.717) is 5.56 Å². The quantitative estimate of drug-likeness (QED) is 0.135. The van der Waals surface area contributed by atoms with E-state index in [1.165, 1.54) is 37.3 Å². The standard InChI is InChI=1S/C22H16BrNO8S/c1-14(21(25)15-5-9-17(23)10-6-15)31-22(26)16-7-11-19(12-8-16)32-33(29,30)20-4-2-3-18(13-20)24(27)28/h2-14H,1H3/t14-/m0/s1. The van der Waals surface area contributed by atoms with Gasteiger partial charge in [-0.1, -0.05) is 34.1 Å². The van der Waals surface area contributed by atoms with Gasteiger partial charge in [0.2, 0.25) is 5.78 Å². The highest BCUT2D eigenvalue weighted by Gasteiger charge is 2.22. The first kappa shape index (κ1) is 24.1. The van der Waals surface area contributed by atoms with Crippen LogP contribution >= 0.6 is 15.9 Å². The SMILES string of the molecule is C[C@H](OC(=O)c1ccc(OS(=O)(=O)c2cccc([N+](=O)[O-])c2)cc1)C(=O)c1ccc(Br)cc1. The van der Waals surface area contributed by atoms with Gasteiger partial charge in [-0.05, 0) is 49.4 Å². The molecule has 1 atom stereocenters. The lowest BCUT2D eigenvalue weighted by Crippen LogP contribution is -2.24. The van der Waals surface area contributed by atoms with Crippen LogP contribution in [0.25, 0.3) is 0 Å². The number of non-ortho nitro benzene ring substituents is 1. The second-order valence-electron chi connectivity index (χ2n) is 6.73. The molecular weight excluding hydrogens is 518 g/mol. The molecule has 0 amide bonds. The van der Waals surface area contributed by atoms with Crippen LogP contribution in [0.1, 0.15) is 27.6 Å². The van der Waals surface area contributed by atoms with Crippen molar-refractivity contribution in [3.63, 3.8) is 0 Å². The average molecular weight is 534 g/mol. The molecule has 170 valence electrons. The van der Waals surface area contributed by atoms with Crippen LogP contribution < -0.4 is 4.18 Å². The Morgan fingerprint density at radius 3 is 2.18 bits per heavy atom. The van der Waals surface area contributed by atoms with Crippen molar-refractivity contribution in [1.29, 1.82) is 0 Å². The Kier molecular flexibility index (Phi) is 7.24. The summed E-state index contributed by atoms with van der Waals surface area (Å²) in [5, 5.41) is 10.9. The maximum absolute atomic E-state index is 12.4. The van der Waals surface area contributed by atoms with E-state index in [2.05, 4.69) is 15.9 Å². The summed E-state index contributed by atoms with van der Waals surface area (Å²) in [6, 6.07) is 16.0.